The minimum Gasteiger partial charge on any atom is -0.444 e. The predicted octanol–water partition coefficient (Wildman–Crippen LogP) is 5.62. The second-order valence-corrected chi connectivity index (χ2v) is 10.7. The van der Waals surface area contributed by atoms with Gasteiger partial charge in [-0.2, -0.15) is 0 Å². The van der Waals surface area contributed by atoms with Gasteiger partial charge in [0.05, 0.1) is 6.04 Å². The SMILES string of the molecule is CC(C)(C)OC(=O)N1CCCC1c1cc(Cl)cc2c1CN(C(=O)N1CCC(F)(F)CC1)CC2. The second kappa shape index (κ2) is 8.93. The molecule has 0 spiro atoms. The number of nitrogens with zero attached hydrogens (tertiary/aromatic N) is 3. The van der Waals surface area contributed by atoms with Crippen LogP contribution in [0.2, 0.25) is 5.02 Å². The monoisotopic (exact) mass is 483 g/mol. The van der Waals surface area contributed by atoms with Crippen LogP contribution in [0.15, 0.2) is 12.1 Å². The normalized spacial score (nSPS) is 22.8. The first-order chi connectivity index (χ1) is 15.4. The summed E-state index contributed by atoms with van der Waals surface area (Å²) in [5.74, 6) is -2.69. The van der Waals surface area contributed by atoms with E-state index in [1.807, 2.05) is 32.9 Å². The number of ether oxygens (including phenoxy) is 1. The molecule has 2 fully saturated rings. The average Bonchev–Trinajstić information content (AvgIpc) is 3.21. The summed E-state index contributed by atoms with van der Waals surface area (Å²) in [6.07, 6.45) is 1.35. The molecule has 0 saturated carbocycles. The fraction of sp³-hybridized carbons (Fsp3) is 0.667. The van der Waals surface area contributed by atoms with Gasteiger partial charge in [-0.05, 0) is 68.9 Å². The summed E-state index contributed by atoms with van der Waals surface area (Å²) in [6.45, 7) is 7.16. The molecule has 3 aliphatic heterocycles. The van der Waals surface area contributed by atoms with Crippen LogP contribution in [0.25, 0.3) is 0 Å². The largest absolute Gasteiger partial charge is 0.444 e. The van der Waals surface area contributed by atoms with Crippen molar-refractivity contribution in [2.75, 3.05) is 26.2 Å². The molecule has 0 N–H and O–H groups in total. The van der Waals surface area contributed by atoms with Gasteiger partial charge in [-0.1, -0.05) is 11.6 Å². The van der Waals surface area contributed by atoms with Crippen LogP contribution in [-0.2, 0) is 17.7 Å². The Morgan fingerprint density at radius 1 is 1.09 bits per heavy atom. The average molecular weight is 484 g/mol. The Hall–Kier alpha value is -2.09. The van der Waals surface area contributed by atoms with Gasteiger partial charge >= 0.3 is 12.1 Å². The molecule has 3 heterocycles. The summed E-state index contributed by atoms with van der Waals surface area (Å²) in [4.78, 5) is 31.0. The standard InChI is InChI=1S/C24H32ClF2N3O3/c1-23(2,3)33-22(32)30-9-4-5-20(30)18-14-17(25)13-16-6-10-29(15-19(16)18)21(31)28-11-7-24(26,27)8-12-28/h13-14,20H,4-12,15H2,1-3H3. The van der Waals surface area contributed by atoms with Crippen LogP contribution in [0, 0.1) is 0 Å². The first-order valence-corrected chi connectivity index (χ1v) is 12.0. The van der Waals surface area contributed by atoms with Crippen LogP contribution in [0.3, 0.4) is 0 Å². The summed E-state index contributed by atoms with van der Waals surface area (Å²) in [6, 6.07) is 3.45. The molecule has 33 heavy (non-hydrogen) atoms. The maximum absolute atomic E-state index is 13.5. The van der Waals surface area contributed by atoms with E-state index in [4.69, 9.17) is 16.3 Å². The van der Waals surface area contributed by atoms with Crippen molar-refractivity contribution in [2.45, 2.75) is 77.0 Å². The zero-order chi connectivity index (χ0) is 24.0. The Labute approximate surface area is 198 Å². The van der Waals surface area contributed by atoms with Crippen LogP contribution < -0.4 is 0 Å². The van der Waals surface area contributed by atoms with Gasteiger partial charge in [0.15, 0.2) is 0 Å². The third-order valence-corrected chi connectivity index (χ3v) is 6.84. The molecule has 6 nitrogen and oxygen atoms in total. The molecule has 1 unspecified atom stereocenters. The highest BCUT2D eigenvalue weighted by atomic mass is 35.5. The van der Waals surface area contributed by atoms with Gasteiger partial charge in [0.2, 0.25) is 0 Å². The van der Waals surface area contributed by atoms with Crippen LogP contribution in [0.4, 0.5) is 18.4 Å². The van der Waals surface area contributed by atoms with Gasteiger partial charge < -0.3 is 19.4 Å². The molecule has 0 aromatic heterocycles. The van der Waals surface area contributed by atoms with Crippen LogP contribution in [-0.4, -0.2) is 64.5 Å². The Balaban J connectivity index is 1.56. The molecule has 9 heteroatoms. The Bertz CT molecular complexity index is 924. The Morgan fingerprint density at radius 3 is 2.45 bits per heavy atom. The molecule has 1 aromatic rings. The van der Waals surface area contributed by atoms with E-state index in [1.165, 1.54) is 4.90 Å². The van der Waals surface area contributed by atoms with E-state index >= 15 is 0 Å². The fourth-order valence-corrected chi connectivity index (χ4v) is 5.22. The molecule has 0 radical (unpaired) electrons. The first kappa shape index (κ1) is 24.0. The van der Waals surface area contributed by atoms with Crippen molar-refractivity contribution in [3.8, 4) is 0 Å². The predicted molar refractivity (Wildman–Crippen MR) is 122 cm³/mol. The molecule has 3 amide bonds. The summed E-state index contributed by atoms with van der Waals surface area (Å²) in [7, 11) is 0. The number of hydrogen-bond acceptors (Lipinski definition) is 3. The van der Waals surface area contributed by atoms with Crippen molar-refractivity contribution in [1.29, 1.82) is 0 Å². The summed E-state index contributed by atoms with van der Waals surface area (Å²) in [5.41, 5.74) is 2.43. The minimum atomic E-state index is -2.69. The molecule has 0 aliphatic carbocycles. The second-order valence-electron chi connectivity index (χ2n) is 10.3. The van der Waals surface area contributed by atoms with E-state index in [1.54, 1.807) is 9.80 Å². The fourth-order valence-electron chi connectivity index (χ4n) is 4.97. The highest BCUT2D eigenvalue weighted by molar-refractivity contribution is 6.30. The van der Waals surface area contributed by atoms with E-state index < -0.39 is 11.5 Å². The lowest BCUT2D eigenvalue weighted by Crippen LogP contribution is -2.50. The van der Waals surface area contributed by atoms with Gasteiger partial charge in [0.1, 0.15) is 5.60 Å². The number of likely N-dealkylation sites (tertiary alicyclic amines) is 2. The number of amides is 3. The molecular formula is C24H32ClF2N3O3. The smallest absolute Gasteiger partial charge is 0.410 e. The van der Waals surface area contributed by atoms with Gasteiger partial charge in [0.25, 0.3) is 5.92 Å². The first-order valence-electron chi connectivity index (χ1n) is 11.7. The molecular weight excluding hydrogens is 452 g/mol. The van der Waals surface area contributed by atoms with Crippen LogP contribution >= 0.6 is 11.6 Å². The van der Waals surface area contributed by atoms with Crippen molar-refractivity contribution < 1.29 is 23.1 Å². The lowest BCUT2D eigenvalue weighted by atomic mass is 9.90. The van der Waals surface area contributed by atoms with Gasteiger partial charge in [-0.25, -0.2) is 18.4 Å². The number of piperidine rings is 1. The highest BCUT2D eigenvalue weighted by Gasteiger charge is 2.39. The molecule has 3 aliphatic rings. The lowest BCUT2D eigenvalue weighted by molar-refractivity contribution is -0.0494. The third kappa shape index (κ3) is 5.36. The molecule has 0 bridgehead atoms. The van der Waals surface area contributed by atoms with Crippen molar-refractivity contribution in [3.05, 3.63) is 33.8 Å². The summed E-state index contributed by atoms with van der Waals surface area (Å²) in [5, 5.41) is 0.609. The summed E-state index contributed by atoms with van der Waals surface area (Å²) >= 11 is 6.45. The number of fused-ring (bicyclic) bond motifs is 1. The zero-order valence-electron chi connectivity index (χ0n) is 19.5. The van der Waals surface area contributed by atoms with E-state index in [-0.39, 0.29) is 44.1 Å². The zero-order valence-corrected chi connectivity index (χ0v) is 20.3. The van der Waals surface area contributed by atoms with Gasteiger partial charge in [-0.3, -0.25) is 0 Å². The number of rotatable bonds is 1. The number of benzene rings is 1. The molecule has 1 atom stereocenters. The van der Waals surface area contributed by atoms with E-state index in [2.05, 4.69) is 0 Å². The number of carbonyl (C=O) groups is 2. The van der Waals surface area contributed by atoms with E-state index in [0.717, 1.165) is 29.5 Å². The number of carbonyl (C=O) groups excluding carboxylic acids is 2. The van der Waals surface area contributed by atoms with E-state index in [9.17, 15) is 18.4 Å². The third-order valence-electron chi connectivity index (χ3n) is 6.62. The number of halogens is 3. The van der Waals surface area contributed by atoms with Crippen LogP contribution in [0.1, 0.15) is 69.2 Å². The number of alkyl halides is 2. The van der Waals surface area contributed by atoms with Crippen molar-refractivity contribution in [3.63, 3.8) is 0 Å². The molecule has 182 valence electrons. The number of hydrogen-bond donors (Lipinski definition) is 0. The van der Waals surface area contributed by atoms with Crippen molar-refractivity contribution in [2.24, 2.45) is 0 Å². The van der Waals surface area contributed by atoms with Crippen LogP contribution in [0.5, 0.6) is 0 Å². The number of urea groups is 1. The van der Waals surface area contributed by atoms with Crippen molar-refractivity contribution >= 4 is 23.7 Å². The minimum absolute atomic E-state index is 0.0672. The highest BCUT2D eigenvalue weighted by Crippen LogP contribution is 2.39. The Kier molecular flexibility index (Phi) is 6.51. The lowest BCUT2D eigenvalue weighted by Gasteiger charge is -2.38. The molecule has 1 aromatic carbocycles. The maximum atomic E-state index is 13.5. The quantitative estimate of drug-likeness (QED) is 0.521. The van der Waals surface area contributed by atoms with Crippen molar-refractivity contribution in [1.82, 2.24) is 14.7 Å². The van der Waals surface area contributed by atoms with Gasteiger partial charge in [-0.15, -0.1) is 0 Å². The Morgan fingerprint density at radius 2 is 1.79 bits per heavy atom. The van der Waals surface area contributed by atoms with Gasteiger partial charge in [0, 0.05) is 50.6 Å². The summed E-state index contributed by atoms with van der Waals surface area (Å²) < 4.78 is 32.7. The molecule has 4 rings (SSSR count). The molecule has 2 saturated heterocycles. The topological polar surface area (TPSA) is 53.1 Å². The van der Waals surface area contributed by atoms with E-state index in [0.29, 0.717) is 31.1 Å². The maximum Gasteiger partial charge on any atom is 0.410 e.